The summed E-state index contributed by atoms with van der Waals surface area (Å²) >= 11 is 11.9. The molecule has 9 nitrogen and oxygen atoms in total. The van der Waals surface area contributed by atoms with Crippen LogP contribution in [0.5, 0.6) is 17.2 Å². The molecular weight excluding hydrogens is 589 g/mol. The van der Waals surface area contributed by atoms with E-state index in [1.54, 1.807) is 42.5 Å². The highest BCUT2D eigenvalue weighted by molar-refractivity contribution is 7.92. The van der Waals surface area contributed by atoms with Crippen LogP contribution in [0.4, 0.5) is 5.69 Å². The van der Waals surface area contributed by atoms with Crippen molar-refractivity contribution < 1.29 is 27.4 Å². The number of nitrogens with one attached hydrogen (secondary N) is 2. The lowest BCUT2D eigenvalue weighted by Crippen LogP contribution is -2.19. The van der Waals surface area contributed by atoms with Gasteiger partial charge < -0.3 is 14.2 Å². The van der Waals surface area contributed by atoms with E-state index in [0.29, 0.717) is 38.5 Å². The van der Waals surface area contributed by atoms with Gasteiger partial charge in [-0.1, -0.05) is 41.4 Å². The Labute approximate surface area is 247 Å². The molecule has 0 fully saturated rings. The third-order valence-corrected chi connectivity index (χ3v) is 7.45. The molecule has 4 aromatic carbocycles. The van der Waals surface area contributed by atoms with Gasteiger partial charge in [0.25, 0.3) is 15.9 Å². The van der Waals surface area contributed by atoms with E-state index in [0.717, 1.165) is 0 Å². The van der Waals surface area contributed by atoms with E-state index in [1.165, 1.54) is 49.7 Å². The highest BCUT2D eigenvalue weighted by Crippen LogP contribution is 2.28. The Hall–Kier alpha value is -4.25. The second-order valence-corrected chi connectivity index (χ2v) is 10.9. The Morgan fingerprint density at radius 1 is 0.854 bits per heavy atom. The minimum atomic E-state index is -3.93. The largest absolute Gasteiger partial charge is 0.493 e. The van der Waals surface area contributed by atoms with E-state index in [2.05, 4.69) is 15.2 Å². The molecule has 0 aromatic heterocycles. The normalized spacial score (nSPS) is 11.2. The van der Waals surface area contributed by atoms with Gasteiger partial charge in [-0.15, -0.1) is 0 Å². The number of ether oxygens (including phenoxy) is 3. The maximum absolute atomic E-state index is 12.8. The van der Waals surface area contributed by atoms with Crippen LogP contribution in [0.25, 0.3) is 0 Å². The van der Waals surface area contributed by atoms with Crippen LogP contribution in [0.3, 0.4) is 0 Å². The second kappa shape index (κ2) is 13.9. The number of benzene rings is 4. The van der Waals surface area contributed by atoms with Gasteiger partial charge in [-0.2, -0.15) is 5.10 Å². The first kappa shape index (κ1) is 29.7. The minimum Gasteiger partial charge on any atom is -0.493 e. The number of halogens is 2. The van der Waals surface area contributed by atoms with Crippen LogP contribution < -0.4 is 24.4 Å². The van der Waals surface area contributed by atoms with Gasteiger partial charge in [-0.05, 0) is 78.4 Å². The maximum Gasteiger partial charge on any atom is 0.271 e. The van der Waals surface area contributed by atoms with Crippen molar-refractivity contribution in [2.24, 2.45) is 5.10 Å². The highest BCUT2D eigenvalue weighted by Gasteiger charge is 2.16. The maximum atomic E-state index is 12.8. The fourth-order valence-electron chi connectivity index (χ4n) is 3.52. The summed E-state index contributed by atoms with van der Waals surface area (Å²) in [4.78, 5) is 12.6. The third kappa shape index (κ3) is 8.37. The summed E-state index contributed by atoms with van der Waals surface area (Å²) in [7, 11) is -2.43. The zero-order valence-electron chi connectivity index (χ0n) is 21.7. The number of hydrogen-bond acceptors (Lipinski definition) is 7. The Morgan fingerprint density at radius 3 is 2.32 bits per heavy atom. The topological polar surface area (TPSA) is 115 Å². The average Bonchev–Trinajstić information content (AvgIpc) is 2.97. The monoisotopic (exact) mass is 613 g/mol. The number of anilines is 1. The number of hydrazone groups is 1. The van der Waals surface area contributed by atoms with Crippen LogP contribution in [-0.4, -0.2) is 40.9 Å². The standard InChI is InChI=1S/C29H25Cl2N3O6S/c1-38-28-17-20(9-14-27(28)40-16-15-39-26-8-3-2-7-25(26)31)19-32-33-29(35)21-5-4-6-24(18-21)41(36,37)34-23-12-10-22(30)11-13-23/h2-14,17-19,34H,15-16H2,1H3,(H,33,35)/b32-19+. The molecule has 1 amide bonds. The van der Waals surface area contributed by atoms with E-state index in [-0.39, 0.29) is 23.7 Å². The molecule has 41 heavy (non-hydrogen) atoms. The summed E-state index contributed by atoms with van der Waals surface area (Å²) in [5.41, 5.74) is 3.48. The van der Waals surface area contributed by atoms with Gasteiger partial charge in [0.15, 0.2) is 11.5 Å². The first-order chi connectivity index (χ1) is 19.7. The number of sulfonamides is 1. The number of carbonyl (C=O) groups is 1. The van der Waals surface area contributed by atoms with Crippen molar-refractivity contribution in [3.8, 4) is 17.2 Å². The van der Waals surface area contributed by atoms with Crippen LogP contribution in [0, 0.1) is 0 Å². The van der Waals surface area contributed by atoms with E-state index >= 15 is 0 Å². The molecule has 0 spiro atoms. The molecule has 0 saturated carbocycles. The van der Waals surface area contributed by atoms with Gasteiger partial charge in [0.1, 0.15) is 19.0 Å². The summed E-state index contributed by atoms with van der Waals surface area (Å²) < 4.78 is 44.8. The summed E-state index contributed by atoms with van der Waals surface area (Å²) in [6.07, 6.45) is 1.42. The fourth-order valence-corrected chi connectivity index (χ4v) is 4.94. The van der Waals surface area contributed by atoms with E-state index in [1.807, 2.05) is 12.1 Å². The van der Waals surface area contributed by atoms with Gasteiger partial charge in [0.05, 0.1) is 23.2 Å². The summed E-state index contributed by atoms with van der Waals surface area (Å²) in [5, 5.41) is 4.97. The minimum absolute atomic E-state index is 0.0818. The first-order valence-corrected chi connectivity index (χ1v) is 14.4. The van der Waals surface area contributed by atoms with Crippen LogP contribution in [0.15, 0.2) is 101 Å². The number of carbonyl (C=O) groups excluding carboxylic acids is 1. The molecule has 0 atom stereocenters. The van der Waals surface area contributed by atoms with Crippen molar-refractivity contribution in [3.05, 3.63) is 112 Å². The number of nitrogens with zero attached hydrogens (tertiary/aromatic N) is 1. The second-order valence-electron chi connectivity index (χ2n) is 8.38. The average molecular weight is 615 g/mol. The van der Waals surface area contributed by atoms with Crippen LogP contribution in [0.1, 0.15) is 15.9 Å². The van der Waals surface area contributed by atoms with Crippen molar-refractivity contribution in [2.75, 3.05) is 25.0 Å². The number of methoxy groups -OCH3 is 1. The molecule has 0 radical (unpaired) electrons. The Kier molecular flexibility index (Phi) is 10.1. The number of amides is 1. The van der Waals surface area contributed by atoms with Crippen molar-refractivity contribution in [1.29, 1.82) is 0 Å². The van der Waals surface area contributed by atoms with E-state index in [9.17, 15) is 13.2 Å². The Balaban J connectivity index is 1.33. The lowest BCUT2D eigenvalue weighted by atomic mass is 10.2. The Morgan fingerprint density at radius 2 is 1.59 bits per heavy atom. The number of rotatable bonds is 12. The highest BCUT2D eigenvalue weighted by atomic mass is 35.5. The number of para-hydroxylation sites is 1. The van der Waals surface area contributed by atoms with Crippen molar-refractivity contribution >= 4 is 51.0 Å². The molecular formula is C29H25Cl2N3O6S. The van der Waals surface area contributed by atoms with E-state index in [4.69, 9.17) is 37.4 Å². The molecule has 0 aliphatic rings. The van der Waals surface area contributed by atoms with Crippen molar-refractivity contribution in [2.45, 2.75) is 4.90 Å². The lowest BCUT2D eigenvalue weighted by Gasteiger charge is -2.12. The fraction of sp³-hybridized carbons (Fsp3) is 0.103. The predicted molar refractivity (Wildman–Crippen MR) is 159 cm³/mol. The zero-order chi connectivity index (χ0) is 29.2. The van der Waals surface area contributed by atoms with Crippen LogP contribution in [0.2, 0.25) is 10.0 Å². The van der Waals surface area contributed by atoms with Gasteiger partial charge >= 0.3 is 0 Å². The summed E-state index contributed by atoms with van der Waals surface area (Å²) in [5.74, 6) is 0.947. The van der Waals surface area contributed by atoms with Gasteiger partial charge in [-0.25, -0.2) is 13.8 Å². The molecule has 4 aromatic rings. The molecule has 212 valence electrons. The van der Waals surface area contributed by atoms with Gasteiger partial charge in [-0.3, -0.25) is 9.52 Å². The molecule has 0 aliphatic carbocycles. The molecule has 0 unspecified atom stereocenters. The SMILES string of the molecule is COc1cc(/C=N/NC(=O)c2cccc(S(=O)(=O)Nc3ccc(Cl)cc3)c2)ccc1OCCOc1ccccc1Cl. The quantitative estimate of drug-likeness (QED) is 0.115. The van der Waals surface area contributed by atoms with E-state index < -0.39 is 15.9 Å². The zero-order valence-corrected chi connectivity index (χ0v) is 24.0. The van der Waals surface area contributed by atoms with Crippen molar-refractivity contribution in [3.63, 3.8) is 0 Å². The molecule has 0 saturated heterocycles. The molecule has 0 aliphatic heterocycles. The Bertz CT molecular complexity index is 1650. The molecule has 4 rings (SSSR count). The van der Waals surface area contributed by atoms with Gasteiger partial charge in [0.2, 0.25) is 0 Å². The smallest absolute Gasteiger partial charge is 0.271 e. The predicted octanol–water partition coefficient (Wildman–Crippen LogP) is 6.02. The number of hydrogen-bond donors (Lipinski definition) is 2. The lowest BCUT2D eigenvalue weighted by molar-refractivity contribution is 0.0955. The molecule has 0 bridgehead atoms. The van der Waals surface area contributed by atoms with Gasteiger partial charge in [0, 0.05) is 16.3 Å². The molecule has 12 heteroatoms. The summed E-state index contributed by atoms with van der Waals surface area (Å²) in [6.45, 7) is 0.539. The van der Waals surface area contributed by atoms with Crippen LogP contribution >= 0.6 is 23.2 Å². The summed E-state index contributed by atoms with van der Waals surface area (Å²) in [6, 6.07) is 24.1. The van der Waals surface area contributed by atoms with Crippen molar-refractivity contribution in [1.82, 2.24) is 5.43 Å². The molecule has 0 heterocycles. The third-order valence-electron chi connectivity index (χ3n) is 5.51. The van der Waals surface area contributed by atoms with Crippen LogP contribution in [-0.2, 0) is 10.0 Å². The molecule has 2 N–H and O–H groups in total. The first-order valence-electron chi connectivity index (χ1n) is 12.2.